The molecule has 0 spiro atoms. The molecule has 3 aromatic rings. The average molecular weight is 747 g/mol. The molecule has 260 valence electrons. The van der Waals surface area contributed by atoms with Gasteiger partial charge in [0.2, 0.25) is 17.7 Å². The van der Waals surface area contributed by atoms with Gasteiger partial charge in [0.25, 0.3) is 5.56 Å². The minimum Gasteiger partial charge on any atom is -0.474 e. The fourth-order valence-corrected chi connectivity index (χ4v) is 9.24. The molecule has 23 heteroatoms. The zero-order valence-electron chi connectivity index (χ0n) is 24.9. The highest BCUT2D eigenvalue weighted by molar-refractivity contribution is 8.44. The lowest BCUT2D eigenvalue weighted by Gasteiger charge is -2.26. The lowest BCUT2D eigenvalue weighted by atomic mass is 10.1. The number of aromatic nitrogens is 6. The highest BCUT2D eigenvalue weighted by Gasteiger charge is 2.51. The molecule has 0 radical (unpaired) electrons. The van der Waals surface area contributed by atoms with E-state index in [-0.39, 0.29) is 36.0 Å². The van der Waals surface area contributed by atoms with Crippen LogP contribution in [0.5, 0.6) is 5.88 Å². The van der Waals surface area contributed by atoms with Crippen molar-refractivity contribution in [2.45, 2.75) is 68.5 Å². The Hall–Kier alpha value is -2.42. The Labute approximate surface area is 282 Å². The number of aliphatic hydroxyl groups is 1. The molecule has 3 saturated heterocycles. The number of hydrogen-bond acceptors (Lipinski definition) is 16. The molecule has 48 heavy (non-hydrogen) atoms. The van der Waals surface area contributed by atoms with E-state index < -0.39 is 74.5 Å². The monoisotopic (exact) mass is 746 g/mol. The zero-order chi connectivity index (χ0) is 33.6. The first kappa shape index (κ1) is 34.0. The highest BCUT2D eigenvalue weighted by atomic mass is 32.7. The molecule has 2 bridgehead atoms. The Morgan fingerprint density at radius 2 is 1.94 bits per heavy atom. The second kappa shape index (κ2) is 13.7. The maximum atomic E-state index is 13.6. The number of rotatable bonds is 5. The fourth-order valence-electron chi connectivity index (χ4n) is 6.18. The van der Waals surface area contributed by atoms with Crippen LogP contribution in [0.2, 0.25) is 0 Å². The van der Waals surface area contributed by atoms with E-state index >= 15 is 0 Å². The van der Waals surface area contributed by atoms with Crippen molar-refractivity contribution in [2.24, 2.45) is 5.92 Å². The van der Waals surface area contributed by atoms with Gasteiger partial charge >= 0.3 is 13.6 Å². The molecule has 19 nitrogen and oxygen atoms in total. The van der Waals surface area contributed by atoms with Gasteiger partial charge in [-0.1, -0.05) is 24.5 Å². The predicted octanol–water partition coefficient (Wildman–Crippen LogP) is 1.61. The topological polar surface area (TPSA) is 240 Å². The van der Waals surface area contributed by atoms with Gasteiger partial charge in [0.05, 0.1) is 31.7 Å². The summed E-state index contributed by atoms with van der Waals surface area (Å²) in [5.74, 6) is -0.691. The van der Waals surface area contributed by atoms with E-state index in [9.17, 15) is 23.8 Å². The Morgan fingerprint density at radius 3 is 2.71 bits per heavy atom. The number of nitrogens with zero attached hydrogens (tertiary/aromatic N) is 5. The van der Waals surface area contributed by atoms with Crippen LogP contribution >= 0.6 is 38.1 Å². The van der Waals surface area contributed by atoms with Crippen LogP contribution in [-0.4, -0.2) is 96.8 Å². The molecule has 4 fully saturated rings. The molecular formula is C25H32N8O11P2S2. The van der Waals surface area contributed by atoms with Crippen molar-refractivity contribution in [1.29, 1.82) is 0 Å². The molecule has 1 amide bonds. The second-order valence-corrected chi connectivity index (χ2v) is 17.4. The number of carbonyl (C=O) groups is 1. The van der Waals surface area contributed by atoms with E-state index in [4.69, 9.17) is 27.6 Å². The lowest BCUT2D eigenvalue weighted by Crippen LogP contribution is -2.36. The Kier molecular flexibility index (Phi) is 9.73. The number of amides is 1. The average Bonchev–Trinajstić information content (AvgIpc) is 3.84. The van der Waals surface area contributed by atoms with Crippen LogP contribution in [0.25, 0.3) is 11.2 Å². The number of nitrogens with one attached hydrogen (secondary N) is 3. The van der Waals surface area contributed by atoms with Gasteiger partial charge in [0.15, 0.2) is 17.4 Å². The summed E-state index contributed by atoms with van der Waals surface area (Å²) in [5.41, 5.74) is -0.804. The van der Waals surface area contributed by atoms with Crippen LogP contribution in [0.3, 0.4) is 0 Å². The minimum atomic E-state index is -4.23. The summed E-state index contributed by atoms with van der Waals surface area (Å²) >= 11 is 8.33. The first-order valence-corrected chi connectivity index (χ1v) is 20.4. The Balaban J connectivity index is 1.14. The van der Waals surface area contributed by atoms with Crippen LogP contribution in [-0.2, 0) is 36.8 Å². The number of hydrogen-bond donors (Lipinski definition) is 6. The summed E-state index contributed by atoms with van der Waals surface area (Å²) in [5, 5.41) is 16.9. The van der Waals surface area contributed by atoms with Crippen molar-refractivity contribution in [3.63, 3.8) is 0 Å². The van der Waals surface area contributed by atoms with Crippen LogP contribution in [0.4, 0.5) is 5.95 Å². The molecule has 1 aliphatic carbocycles. The van der Waals surface area contributed by atoms with Gasteiger partial charge in [-0.25, -0.2) is 24.1 Å². The maximum Gasteiger partial charge on any atom is 0.386 e. The number of aromatic amines is 1. The molecule has 3 aromatic heterocycles. The van der Waals surface area contributed by atoms with E-state index in [1.54, 1.807) is 6.07 Å². The third-order valence-electron chi connectivity index (χ3n) is 8.44. The number of ether oxygens (including phenoxy) is 2. The summed E-state index contributed by atoms with van der Waals surface area (Å²) in [4.78, 5) is 44.5. The van der Waals surface area contributed by atoms with Crippen molar-refractivity contribution >= 4 is 61.1 Å². The fraction of sp³-hybridized carbons (Fsp3) is 0.600. The Bertz CT molecular complexity index is 1810. The number of imidazole rings is 1. The predicted molar refractivity (Wildman–Crippen MR) is 172 cm³/mol. The van der Waals surface area contributed by atoms with Crippen molar-refractivity contribution in [3.8, 4) is 5.88 Å². The van der Waals surface area contributed by atoms with Gasteiger partial charge in [-0.15, -0.1) is 0 Å². The van der Waals surface area contributed by atoms with E-state index in [0.29, 0.717) is 25.3 Å². The van der Waals surface area contributed by atoms with E-state index in [1.165, 1.54) is 23.4 Å². The number of thiol groups is 2. The number of fused-ring (bicyclic) bond motifs is 4. The lowest BCUT2D eigenvalue weighted by molar-refractivity contribution is -0.117. The minimum absolute atomic E-state index is 0.0384. The molecule has 4 N–H and O–H groups in total. The summed E-state index contributed by atoms with van der Waals surface area (Å²) in [6, 6.07) is 1.15. The molecule has 10 atom stereocenters. The first-order valence-electron chi connectivity index (χ1n) is 15.0. The Morgan fingerprint density at radius 1 is 1.12 bits per heavy atom. The zero-order valence-corrected chi connectivity index (χ0v) is 28.5. The normalized spacial score (nSPS) is 37.3. The van der Waals surface area contributed by atoms with Gasteiger partial charge in [-0.2, -0.15) is 4.98 Å². The van der Waals surface area contributed by atoms with Crippen LogP contribution in [0.15, 0.2) is 29.7 Å². The summed E-state index contributed by atoms with van der Waals surface area (Å²) in [7, 11) is 0. The van der Waals surface area contributed by atoms with Crippen LogP contribution in [0, 0.1) is 5.92 Å². The third-order valence-corrected chi connectivity index (χ3v) is 11.7. The molecular weight excluding hydrogens is 714 g/mol. The third kappa shape index (κ3) is 7.36. The quantitative estimate of drug-likeness (QED) is 0.161. The standard InChI is InChI=1S/C25H32N8O11P2S2/c34-19-16-9-40-45(37,47)43-15-7-13(41-17-3-5-26-10-28-17)6-12(15)8-39-46(38,48)44-20(19)24(42-16)33-11-29-18-21(33)30-25(32-23(18)36)31-22(35)14-2-1-4-27-14/h3,5,10-16,19-20,24,27,34H,1-2,4,6-9H2,(H,37,47)(H,38,48)(H2,30,31,32,35,36)/t12?,13-,14-,15+,16-,19-,20-,24-,45-,46-/m1/s1. The second-order valence-electron chi connectivity index (χ2n) is 11.7. The van der Waals surface area contributed by atoms with Gasteiger partial charge in [-0.3, -0.25) is 38.0 Å². The van der Waals surface area contributed by atoms with E-state index in [1.807, 2.05) is 0 Å². The summed E-state index contributed by atoms with van der Waals surface area (Å²) in [6.45, 7) is -8.30. The van der Waals surface area contributed by atoms with Crippen molar-refractivity contribution in [3.05, 3.63) is 35.3 Å². The molecule has 1 saturated carbocycles. The van der Waals surface area contributed by atoms with Gasteiger partial charge in [0, 0.05) is 24.6 Å². The van der Waals surface area contributed by atoms with Crippen LogP contribution < -0.4 is 20.9 Å². The molecule has 3 aliphatic heterocycles. The van der Waals surface area contributed by atoms with Crippen molar-refractivity contribution < 1.29 is 46.6 Å². The number of carbonyl (C=O) groups excluding carboxylic acids is 1. The number of H-pyrrole nitrogens is 1. The van der Waals surface area contributed by atoms with E-state index in [0.717, 1.165) is 6.42 Å². The van der Waals surface area contributed by atoms with Gasteiger partial charge in [-0.05, 0) is 25.8 Å². The maximum absolute atomic E-state index is 13.6. The molecule has 4 aliphatic rings. The molecule has 7 rings (SSSR count). The van der Waals surface area contributed by atoms with Crippen LogP contribution in [0.1, 0.15) is 31.9 Å². The van der Waals surface area contributed by atoms with Gasteiger partial charge < -0.3 is 24.4 Å². The molecule has 1 unspecified atom stereocenters. The smallest absolute Gasteiger partial charge is 0.386 e. The number of aliphatic hydroxyl groups excluding tert-OH is 1. The largest absolute Gasteiger partial charge is 0.474 e. The molecule has 0 aromatic carbocycles. The van der Waals surface area contributed by atoms with E-state index in [2.05, 4.69) is 60.1 Å². The SMILES string of the molecule is O=C(Nc1nc2c(ncn2[C@@H]2O[C@@H]3CO[P@@](=O)(S)O[C@H]4C[C@H](Oc5ccncn5)CC4CO[P@@](=O)(S)O[C@@H]2[C@@H]3O)c(=O)[nH]1)[C@H]1CCCN1. The highest BCUT2D eigenvalue weighted by Crippen LogP contribution is 2.60. The molecule has 6 heterocycles. The van der Waals surface area contributed by atoms with Gasteiger partial charge in [0.1, 0.15) is 30.7 Å². The first-order chi connectivity index (χ1) is 22.9. The summed E-state index contributed by atoms with van der Waals surface area (Å²) < 4.78 is 63.1. The van der Waals surface area contributed by atoms with Crippen molar-refractivity contribution in [1.82, 2.24) is 34.8 Å². The summed E-state index contributed by atoms with van der Waals surface area (Å²) in [6.07, 6.45) is -0.546. The number of anilines is 1. The van der Waals surface area contributed by atoms with Crippen molar-refractivity contribution in [2.75, 3.05) is 25.1 Å².